The summed E-state index contributed by atoms with van der Waals surface area (Å²) in [6.45, 7) is 5.82. The zero-order valence-electron chi connectivity index (χ0n) is 13.1. The van der Waals surface area contributed by atoms with E-state index in [1.54, 1.807) is 0 Å². The third-order valence-corrected chi connectivity index (χ3v) is 3.72. The van der Waals surface area contributed by atoms with Crippen molar-refractivity contribution in [2.45, 2.75) is 46.1 Å². The fraction of sp³-hybridized carbons (Fsp3) is 0.421. The van der Waals surface area contributed by atoms with Gasteiger partial charge in [0, 0.05) is 11.1 Å². The van der Waals surface area contributed by atoms with Crippen LogP contribution in [0.15, 0.2) is 42.1 Å². The first-order valence-corrected chi connectivity index (χ1v) is 7.49. The van der Waals surface area contributed by atoms with Crippen LogP contribution in [0.25, 0.3) is 0 Å². The summed E-state index contributed by atoms with van der Waals surface area (Å²) in [5, 5.41) is 0. The zero-order chi connectivity index (χ0) is 15.5. The summed E-state index contributed by atoms with van der Waals surface area (Å²) in [4.78, 5) is 14.8. The maximum Gasteiger partial charge on any atom is 0.233 e. The molecule has 0 spiro atoms. The number of hydrogen-bond donors (Lipinski definition) is 0. The van der Waals surface area contributed by atoms with Gasteiger partial charge in [-0.2, -0.15) is 0 Å². The zero-order valence-corrected chi connectivity index (χ0v) is 13.1. The van der Waals surface area contributed by atoms with Gasteiger partial charge in [0.2, 0.25) is 5.91 Å². The molecule has 110 valence electrons. The second-order valence-electron chi connectivity index (χ2n) is 6.49. The highest BCUT2D eigenvalue weighted by atomic mass is 16.2. The van der Waals surface area contributed by atoms with Gasteiger partial charge in [0.05, 0.1) is 0 Å². The molecule has 0 fully saturated rings. The maximum absolute atomic E-state index is 12.9. The summed E-state index contributed by atoms with van der Waals surface area (Å²) in [5.74, 6) is 2.90. The second kappa shape index (κ2) is 6.18. The summed E-state index contributed by atoms with van der Waals surface area (Å²) >= 11 is 0. The number of nitrogens with zero attached hydrogens (tertiary/aromatic N) is 1. The van der Waals surface area contributed by atoms with E-state index in [1.807, 2.05) is 56.0 Å². The molecule has 0 heterocycles. The van der Waals surface area contributed by atoms with E-state index in [-0.39, 0.29) is 11.9 Å². The Morgan fingerprint density at radius 3 is 2.43 bits per heavy atom. The molecule has 0 aliphatic heterocycles. The first-order valence-electron chi connectivity index (χ1n) is 7.49. The molecule has 0 N–H and O–H groups in total. The number of rotatable bonds is 3. The number of carbonyl (C=O) groups excluding carboxylic acids is 1. The SMILES string of the molecule is C#CC(c1ccccc1)N(C(=O)C(C)(C)C)C1=CCCC1. The molecule has 21 heavy (non-hydrogen) atoms. The Kier molecular flexibility index (Phi) is 4.53. The average molecular weight is 281 g/mol. The quantitative estimate of drug-likeness (QED) is 0.756. The number of terminal acetylenes is 1. The highest BCUT2D eigenvalue weighted by Gasteiger charge is 2.34. The monoisotopic (exact) mass is 281 g/mol. The van der Waals surface area contributed by atoms with Crippen molar-refractivity contribution < 1.29 is 4.79 Å². The predicted octanol–water partition coefficient (Wildman–Crippen LogP) is 4.30. The lowest BCUT2D eigenvalue weighted by Crippen LogP contribution is -2.40. The average Bonchev–Trinajstić information content (AvgIpc) is 2.97. The smallest absolute Gasteiger partial charge is 0.233 e. The Balaban J connectivity index is 2.44. The third kappa shape index (κ3) is 3.36. The number of hydrogen-bond acceptors (Lipinski definition) is 1. The highest BCUT2D eigenvalue weighted by Crippen LogP contribution is 2.34. The summed E-state index contributed by atoms with van der Waals surface area (Å²) in [7, 11) is 0. The molecule has 2 rings (SSSR count). The van der Waals surface area contributed by atoms with E-state index in [0.717, 1.165) is 30.5 Å². The summed E-state index contributed by atoms with van der Waals surface area (Å²) in [6, 6.07) is 9.53. The Bertz CT molecular complexity index is 572. The van der Waals surface area contributed by atoms with E-state index in [9.17, 15) is 4.79 Å². The minimum Gasteiger partial charge on any atom is -0.298 e. The first-order chi connectivity index (χ1) is 9.95. The van der Waals surface area contributed by atoms with Crippen LogP contribution in [0.5, 0.6) is 0 Å². The van der Waals surface area contributed by atoms with E-state index in [0.29, 0.717) is 0 Å². The van der Waals surface area contributed by atoms with Crippen LogP contribution in [-0.4, -0.2) is 10.8 Å². The largest absolute Gasteiger partial charge is 0.298 e. The van der Waals surface area contributed by atoms with Gasteiger partial charge >= 0.3 is 0 Å². The minimum absolute atomic E-state index is 0.0856. The lowest BCUT2D eigenvalue weighted by molar-refractivity contribution is -0.138. The molecule has 0 saturated carbocycles. The van der Waals surface area contributed by atoms with Crippen molar-refractivity contribution in [3.63, 3.8) is 0 Å². The molecule has 2 heteroatoms. The Hall–Kier alpha value is -2.01. The van der Waals surface area contributed by atoms with Crippen molar-refractivity contribution in [3.05, 3.63) is 47.7 Å². The molecule has 1 aromatic carbocycles. The van der Waals surface area contributed by atoms with Gasteiger partial charge in [-0.3, -0.25) is 9.69 Å². The van der Waals surface area contributed by atoms with Gasteiger partial charge in [-0.25, -0.2) is 0 Å². The Labute approximate surface area is 127 Å². The van der Waals surface area contributed by atoms with Gasteiger partial charge in [-0.15, -0.1) is 6.42 Å². The van der Waals surface area contributed by atoms with Crippen LogP contribution >= 0.6 is 0 Å². The summed E-state index contributed by atoms with van der Waals surface area (Å²) in [6.07, 6.45) is 11.0. The van der Waals surface area contributed by atoms with E-state index in [1.165, 1.54) is 0 Å². The molecule has 0 radical (unpaired) electrons. The van der Waals surface area contributed by atoms with Crippen molar-refractivity contribution in [1.82, 2.24) is 4.90 Å². The maximum atomic E-state index is 12.9. The fourth-order valence-corrected chi connectivity index (χ4v) is 2.60. The van der Waals surface area contributed by atoms with Crippen LogP contribution in [0.1, 0.15) is 51.6 Å². The van der Waals surface area contributed by atoms with Crippen LogP contribution in [0.2, 0.25) is 0 Å². The van der Waals surface area contributed by atoms with Crippen molar-refractivity contribution >= 4 is 5.91 Å². The molecule has 0 saturated heterocycles. The van der Waals surface area contributed by atoms with Gasteiger partial charge in [-0.1, -0.05) is 63.1 Å². The van der Waals surface area contributed by atoms with Crippen molar-refractivity contribution in [2.75, 3.05) is 0 Å². The molecule has 2 nitrogen and oxygen atoms in total. The molecule has 0 bridgehead atoms. The molecule has 1 unspecified atom stereocenters. The van der Waals surface area contributed by atoms with E-state index in [2.05, 4.69) is 12.0 Å². The summed E-state index contributed by atoms with van der Waals surface area (Å²) in [5.41, 5.74) is 1.61. The predicted molar refractivity (Wildman–Crippen MR) is 86.3 cm³/mol. The summed E-state index contributed by atoms with van der Waals surface area (Å²) < 4.78 is 0. The van der Waals surface area contributed by atoms with Gasteiger partial charge < -0.3 is 0 Å². The van der Waals surface area contributed by atoms with Crippen molar-refractivity contribution in [3.8, 4) is 12.3 Å². The number of amides is 1. The molecule has 1 aliphatic carbocycles. The lowest BCUT2D eigenvalue weighted by atomic mass is 9.92. The van der Waals surface area contributed by atoms with Crippen LogP contribution in [-0.2, 0) is 4.79 Å². The Morgan fingerprint density at radius 1 is 1.29 bits per heavy atom. The molecule has 1 aliphatic rings. The second-order valence-corrected chi connectivity index (χ2v) is 6.49. The normalized spacial score (nSPS) is 16.0. The number of allylic oxidation sites excluding steroid dienone is 2. The number of carbonyl (C=O) groups is 1. The molecular formula is C19H23NO. The van der Waals surface area contributed by atoms with E-state index < -0.39 is 5.41 Å². The molecule has 1 atom stereocenters. The topological polar surface area (TPSA) is 20.3 Å². The van der Waals surface area contributed by atoms with Gasteiger partial charge in [-0.05, 0) is 24.8 Å². The number of benzene rings is 1. The molecule has 1 amide bonds. The highest BCUT2D eigenvalue weighted by molar-refractivity contribution is 5.84. The molecule has 0 aromatic heterocycles. The van der Waals surface area contributed by atoms with Crippen LogP contribution in [0.4, 0.5) is 0 Å². The van der Waals surface area contributed by atoms with Crippen LogP contribution < -0.4 is 0 Å². The standard InChI is InChI=1S/C19H23NO/c1-5-17(15-11-7-6-8-12-15)20(16-13-9-10-14-16)18(21)19(2,3)4/h1,6-8,11-13,17H,9-10,14H2,2-4H3. The van der Waals surface area contributed by atoms with Crippen molar-refractivity contribution in [2.24, 2.45) is 5.41 Å². The molecular weight excluding hydrogens is 258 g/mol. The Morgan fingerprint density at radius 2 is 1.95 bits per heavy atom. The molecule has 1 aromatic rings. The van der Waals surface area contributed by atoms with E-state index >= 15 is 0 Å². The lowest BCUT2D eigenvalue weighted by Gasteiger charge is -2.35. The van der Waals surface area contributed by atoms with Gasteiger partial charge in [0.1, 0.15) is 6.04 Å². The fourth-order valence-electron chi connectivity index (χ4n) is 2.60. The first kappa shape index (κ1) is 15.4. The van der Waals surface area contributed by atoms with E-state index in [4.69, 9.17) is 6.42 Å². The minimum atomic E-state index is -0.451. The van der Waals surface area contributed by atoms with Crippen LogP contribution in [0, 0.1) is 17.8 Å². The van der Waals surface area contributed by atoms with Crippen LogP contribution in [0.3, 0.4) is 0 Å². The van der Waals surface area contributed by atoms with Crippen molar-refractivity contribution in [1.29, 1.82) is 0 Å². The van der Waals surface area contributed by atoms with Gasteiger partial charge in [0.25, 0.3) is 0 Å². The third-order valence-electron chi connectivity index (χ3n) is 3.72. The van der Waals surface area contributed by atoms with Gasteiger partial charge in [0.15, 0.2) is 0 Å².